The number of aromatic nitrogens is 3. The average Bonchev–Trinajstić information content (AvgIpc) is 3.42. The zero-order valence-corrected chi connectivity index (χ0v) is 26.0. The van der Waals surface area contributed by atoms with Crippen LogP contribution in [0.1, 0.15) is 84.1 Å². The van der Waals surface area contributed by atoms with Gasteiger partial charge in [-0.1, -0.05) is 100 Å². The zero-order valence-electron chi connectivity index (χ0n) is 26.0. The summed E-state index contributed by atoms with van der Waals surface area (Å²) in [7, 11) is 0. The van der Waals surface area contributed by atoms with Gasteiger partial charge in [-0.05, 0) is 57.6 Å². The number of ether oxygens (including phenoxy) is 1. The van der Waals surface area contributed by atoms with Gasteiger partial charge in [-0.3, -0.25) is 4.79 Å². The van der Waals surface area contributed by atoms with Crippen LogP contribution in [0.25, 0.3) is 0 Å². The first-order chi connectivity index (χ1) is 19.6. The molecule has 1 aliphatic rings. The molecular formula is C34H52N4O2. The van der Waals surface area contributed by atoms with Crippen LogP contribution in [-0.4, -0.2) is 33.9 Å². The van der Waals surface area contributed by atoms with E-state index in [1.807, 2.05) is 46.8 Å². The summed E-state index contributed by atoms with van der Waals surface area (Å²) < 4.78 is 7.55. The molecule has 3 aromatic rings. The lowest BCUT2D eigenvalue weighted by Crippen LogP contribution is -2.34. The lowest BCUT2D eigenvalue weighted by molar-refractivity contribution is -0.128. The van der Waals surface area contributed by atoms with Crippen LogP contribution in [-0.2, 0) is 41.9 Å². The van der Waals surface area contributed by atoms with Gasteiger partial charge in [0.2, 0.25) is 5.91 Å². The quantitative estimate of drug-likeness (QED) is 0.283. The maximum atomic E-state index is 12.6. The van der Waals surface area contributed by atoms with E-state index in [1.165, 1.54) is 16.7 Å². The Balaban J connectivity index is 0.000000789. The molecule has 4 rings (SSSR count). The molecule has 1 saturated heterocycles. The molecule has 1 amide bonds. The Morgan fingerprint density at radius 2 is 1.35 bits per heavy atom. The predicted octanol–water partition coefficient (Wildman–Crippen LogP) is 7.37. The average molecular weight is 549 g/mol. The molecule has 6 nitrogen and oxygen atoms in total. The third-order valence-corrected chi connectivity index (χ3v) is 6.44. The minimum absolute atomic E-state index is 0.0343. The first-order valence-electron chi connectivity index (χ1n) is 15.0. The van der Waals surface area contributed by atoms with E-state index in [-0.39, 0.29) is 11.8 Å². The summed E-state index contributed by atoms with van der Waals surface area (Å²) >= 11 is 0. The second-order valence-corrected chi connectivity index (χ2v) is 9.38. The number of nitrogens with zero attached hydrogens (tertiary/aromatic N) is 3. The molecule has 0 bridgehead atoms. The van der Waals surface area contributed by atoms with Gasteiger partial charge in [0.15, 0.2) is 5.82 Å². The lowest BCUT2D eigenvalue weighted by Gasteiger charge is -2.21. The highest BCUT2D eigenvalue weighted by molar-refractivity contribution is 5.78. The normalized spacial score (nSPS) is 12.4. The van der Waals surface area contributed by atoms with Crippen molar-refractivity contribution in [2.75, 3.05) is 13.2 Å². The van der Waals surface area contributed by atoms with Crippen LogP contribution in [0.4, 0.5) is 0 Å². The molecule has 2 aromatic carbocycles. The van der Waals surface area contributed by atoms with E-state index in [1.54, 1.807) is 0 Å². The topological polar surface area (TPSA) is 69.0 Å². The van der Waals surface area contributed by atoms with E-state index in [9.17, 15) is 4.79 Å². The summed E-state index contributed by atoms with van der Waals surface area (Å²) in [5.41, 5.74) is 3.95. The van der Waals surface area contributed by atoms with Gasteiger partial charge in [-0.2, -0.15) is 0 Å². The van der Waals surface area contributed by atoms with Crippen LogP contribution in [0.2, 0.25) is 0 Å². The first kappa shape index (κ1) is 34.8. The van der Waals surface area contributed by atoms with Crippen LogP contribution in [0.15, 0.2) is 72.3 Å². The molecule has 0 unspecified atom stereocenters. The molecule has 6 heteroatoms. The van der Waals surface area contributed by atoms with Crippen molar-refractivity contribution >= 4 is 5.91 Å². The van der Waals surface area contributed by atoms with Crippen molar-refractivity contribution < 1.29 is 9.53 Å². The third kappa shape index (κ3) is 13.2. The van der Waals surface area contributed by atoms with Crippen molar-refractivity contribution in [3.63, 3.8) is 0 Å². The molecule has 2 heterocycles. The molecule has 40 heavy (non-hydrogen) atoms. The lowest BCUT2D eigenvalue weighted by atomic mass is 9.99. The minimum Gasteiger partial charge on any atom is -0.381 e. The van der Waals surface area contributed by atoms with Crippen LogP contribution < -0.4 is 5.32 Å². The van der Waals surface area contributed by atoms with Crippen LogP contribution in [0.3, 0.4) is 0 Å². The number of carbonyl (C=O) groups is 1. The second kappa shape index (κ2) is 21.6. The Morgan fingerprint density at radius 1 is 0.850 bits per heavy atom. The summed E-state index contributed by atoms with van der Waals surface area (Å²) in [6, 6.07) is 20.9. The molecule has 1 aliphatic heterocycles. The number of allylic oxidation sites excluding steroid dienone is 2. The number of amides is 1. The van der Waals surface area contributed by atoms with Crippen molar-refractivity contribution in [1.29, 1.82) is 0 Å². The largest absolute Gasteiger partial charge is 0.381 e. The number of benzene rings is 2. The number of hydrogen-bond donors (Lipinski definition) is 1. The fraction of sp³-hybridized carbons (Fsp3) is 0.500. The monoisotopic (exact) mass is 548 g/mol. The maximum absolute atomic E-state index is 12.6. The zero-order chi connectivity index (χ0) is 29.6. The van der Waals surface area contributed by atoms with Gasteiger partial charge in [-0.15, -0.1) is 10.2 Å². The third-order valence-electron chi connectivity index (χ3n) is 6.44. The molecule has 1 fully saturated rings. The van der Waals surface area contributed by atoms with Crippen molar-refractivity contribution in [1.82, 2.24) is 20.1 Å². The molecule has 220 valence electrons. The Labute approximate surface area is 243 Å². The summed E-state index contributed by atoms with van der Waals surface area (Å²) in [4.78, 5) is 12.6. The standard InChI is InChI=1S/C25H30N4O2.C5H10.2C2H6/c30-25(22-14-17-31-18-15-22)26-19-24-28-27-23(12-11-20-7-3-1-4-8-20)29(24)16-13-21-9-5-2-6-10-21;1-4-5(2)3;2*1-2/h1-10,22H,11-19H2,(H,26,30);4H,1-3H3;2*1-2H3. The summed E-state index contributed by atoms with van der Waals surface area (Å²) in [5, 5.41) is 12.0. The van der Waals surface area contributed by atoms with Gasteiger partial charge >= 0.3 is 0 Å². The fourth-order valence-corrected chi connectivity index (χ4v) is 4.00. The van der Waals surface area contributed by atoms with Gasteiger partial charge in [0.25, 0.3) is 0 Å². The van der Waals surface area contributed by atoms with Crippen molar-refractivity contribution in [2.45, 2.75) is 93.7 Å². The Bertz CT molecular complexity index is 1070. The Hall–Kier alpha value is -3.25. The van der Waals surface area contributed by atoms with Crippen molar-refractivity contribution in [3.8, 4) is 0 Å². The first-order valence-corrected chi connectivity index (χ1v) is 15.0. The molecule has 0 radical (unpaired) electrons. The highest BCUT2D eigenvalue weighted by Gasteiger charge is 2.22. The molecule has 0 atom stereocenters. The summed E-state index contributed by atoms with van der Waals surface area (Å²) in [6.45, 7) is 16.7. The van der Waals surface area contributed by atoms with E-state index < -0.39 is 0 Å². The van der Waals surface area contributed by atoms with Crippen LogP contribution in [0, 0.1) is 5.92 Å². The van der Waals surface area contributed by atoms with E-state index in [0.29, 0.717) is 19.8 Å². The SMILES string of the molecule is CC.CC.CC=C(C)C.O=C(NCc1nnc(CCc2ccccc2)n1CCc1ccccc1)C1CCOCC1. The molecule has 0 aliphatic carbocycles. The minimum atomic E-state index is 0.0343. The van der Waals surface area contributed by atoms with Crippen LogP contribution >= 0.6 is 0 Å². The second-order valence-electron chi connectivity index (χ2n) is 9.38. The predicted molar refractivity (Wildman–Crippen MR) is 167 cm³/mol. The molecule has 0 spiro atoms. The Morgan fingerprint density at radius 3 is 1.88 bits per heavy atom. The van der Waals surface area contributed by atoms with Gasteiger partial charge < -0.3 is 14.6 Å². The number of carbonyl (C=O) groups excluding carboxylic acids is 1. The number of nitrogens with one attached hydrogen (secondary N) is 1. The molecular weight excluding hydrogens is 496 g/mol. The van der Waals surface area contributed by atoms with E-state index >= 15 is 0 Å². The number of hydrogen-bond acceptors (Lipinski definition) is 4. The van der Waals surface area contributed by atoms with E-state index in [2.05, 4.69) is 88.5 Å². The van der Waals surface area contributed by atoms with Gasteiger partial charge in [-0.25, -0.2) is 0 Å². The smallest absolute Gasteiger partial charge is 0.223 e. The Kier molecular flexibility index (Phi) is 18.7. The number of rotatable bonds is 9. The van der Waals surface area contributed by atoms with Crippen molar-refractivity contribution in [3.05, 3.63) is 95.1 Å². The molecule has 1 N–H and O–H groups in total. The van der Waals surface area contributed by atoms with E-state index in [4.69, 9.17) is 4.74 Å². The molecule has 0 saturated carbocycles. The van der Waals surface area contributed by atoms with Gasteiger partial charge in [0.1, 0.15) is 5.82 Å². The van der Waals surface area contributed by atoms with Crippen molar-refractivity contribution in [2.24, 2.45) is 5.92 Å². The summed E-state index contributed by atoms with van der Waals surface area (Å²) in [5.74, 6) is 1.91. The molecule has 1 aromatic heterocycles. The van der Waals surface area contributed by atoms with E-state index in [0.717, 1.165) is 50.3 Å². The summed E-state index contributed by atoms with van der Waals surface area (Å²) in [6.07, 6.45) is 6.29. The fourth-order valence-electron chi connectivity index (χ4n) is 4.00. The van der Waals surface area contributed by atoms with Gasteiger partial charge in [0, 0.05) is 32.1 Å². The highest BCUT2D eigenvalue weighted by Crippen LogP contribution is 2.15. The maximum Gasteiger partial charge on any atom is 0.223 e. The van der Waals surface area contributed by atoms with Gasteiger partial charge in [0.05, 0.1) is 6.54 Å². The number of aryl methyl sites for hydroxylation is 3. The van der Waals surface area contributed by atoms with Crippen LogP contribution in [0.5, 0.6) is 0 Å². The highest BCUT2D eigenvalue weighted by atomic mass is 16.5.